The molecule has 0 bridgehead atoms. The largest absolute Gasteiger partial charge is 0.478 e. The number of hydrogen-bond donors (Lipinski definition) is 2. The number of rotatable bonds is 7. The second-order valence-corrected chi connectivity index (χ2v) is 7.67. The molecule has 2 N–H and O–H groups in total. The van der Waals surface area contributed by atoms with Gasteiger partial charge in [0.25, 0.3) is 0 Å². The van der Waals surface area contributed by atoms with Crippen LogP contribution in [0.4, 0.5) is 10.5 Å². The van der Waals surface area contributed by atoms with Gasteiger partial charge in [-0.1, -0.05) is 28.1 Å². The number of aromatic carboxylic acids is 1. The monoisotopic (exact) mass is 488 g/mol. The van der Waals surface area contributed by atoms with E-state index in [2.05, 4.69) is 21.2 Å². The highest BCUT2D eigenvalue weighted by Crippen LogP contribution is 2.35. The van der Waals surface area contributed by atoms with E-state index in [1.54, 1.807) is 6.92 Å². The van der Waals surface area contributed by atoms with Crippen molar-refractivity contribution in [1.29, 1.82) is 0 Å². The lowest BCUT2D eigenvalue weighted by Crippen LogP contribution is -2.48. The molecular formula is C22H21BrN2O6. The van der Waals surface area contributed by atoms with E-state index in [1.165, 1.54) is 36.3 Å². The number of halogens is 1. The number of allylic oxidation sites excluding steroid dienone is 1. The molecule has 0 radical (unpaired) electrons. The minimum absolute atomic E-state index is 0.0680. The van der Waals surface area contributed by atoms with Gasteiger partial charge in [0.15, 0.2) is 0 Å². The molecule has 0 aliphatic carbocycles. The standard InChI is InChI=1S/C22H21BrN2O6/c1-13-18(21(28)31-11-10-30-2)19(15-4-3-5-16(23)12-15)24-22(29)25(13)17-8-6-14(7-9-17)20(26)27/h3-9,12,19H,10-11H2,1-2H3,(H,24,29)(H,26,27)/t19-/m0/s1. The van der Waals surface area contributed by atoms with Gasteiger partial charge in [-0.05, 0) is 48.9 Å². The number of amides is 2. The molecule has 0 saturated carbocycles. The summed E-state index contributed by atoms with van der Waals surface area (Å²) in [7, 11) is 1.51. The van der Waals surface area contributed by atoms with E-state index in [0.29, 0.717) is 16.9 Å². The molecule has 2 amide bonds. The highest BCUT2D eigenvalue weighted by molar-refractivity contribution is 9.10. The Balaban J connectivity index is 2.06. The van der Waals surface area contributed by atoms with E-state index < -0.39 is 24.0 Å². The molecule has 2 aromatic carbocycles. The number of esters is 1. The lowest BCUT2D eigenvalue weighted by Gasteiger charge is -2.35. The molecule has 1 heterocycles. The van der Waals surface area contributed by atoms with E-state index in [0.717, 1.165) is 4.47 Å². The molecule has 0 aromatic heterocycles. The first kappa shape index (κ1) is 22.5. The number of benzene rings is 2. The first-order valence-corrected chi connectivity index (χ1v) is 10.2. The Kier molecular flexibility index (Phi) is 7.09. The maximum Gasteiger partial charge on any atom is 0.338 e. The molecule has 3 rings (SSSR count). The molecule has 0 fully saturated rings. The molecule has 1 atom stereocenters. The number of carboxylic acids is 1. The number of carbonyl (C=O) groups excluding carboxylic acids is 2. The highest BCUT2D eigenvalue weighted by atomic mass is 79.9. The van der Waals surface area contributed by atoms with Gasteiger partial charge in [-0.25, -0.2) is 14.4 Å². The summed E-state index contributed by atoms with van der Waals surface area (Å²) in [4.78, 5) is 38.4. The van der Waals surface area contributed by atoms with Crippen LogP contribution >= 0.6 is 15.9 Å². The quantitative estimate of drug-likeness (QED) is 0.452. The summed E-state index contributed by atoms with van der Waals surface area (Å²) in [5.74, 6) is -1.65. The van der Waals surface area contributed by atoms with E-state index in [9.17, 15) is 14.4 Å². The number of nitrogens with zero attached hydrogens (tertiary/aromatic N) is 1. The topological polar surface area (TPSA) is 105 Å². The van der Waals surface area contributed by atoms with Crippen molar-refractivity contribution in [3.05, 3.63) is 75.4 Å². The summed E-state index contributed by atoms with van der Waals surface area (Å²) in [5, 5.41) is 12.0. The molecule has 0 spiro atoms. The van der Waals surface area contributed by atoms with Crippen molar-refractivity contribution in [1.82, 2.24) is 5.32 Å². The van der Waals surface area contributed by atoms with Crippen LogP contribution in [0.3, 0.4) is 0 Å². The summed E-state index contributed by atoms with van der Waals surface area (Å²) in [6.45, 7) is 1.96. The van der Waals surface area contributed by atoms with Crippen LogP contribution in [0.5, 0.6) is 0 Å². The van der Waals surface area contributed by atoms with E-state index in [1.807, 2.05) is 24.3 Å². The number of hydrogen-bond acceptors (Lipinski definition) is 5. The fraction of sp³-hybridized carbons (Fsp3) is 0.227. The molecule has 8 nitrogen and oxygen atoms in total. The minimum Gasteiger partial charge on any atom is -0.478 e. The Labute approximate surface area is 187 Å². The Morgan fingerprint density at radius 1 is 1.16 bits per heavy atom. The third-order valence-electron chi connectivity index (χ3n) is 4.78. The van der Waals surface area contributed by atoms with Crippen LogP contribution in [0.15, 0.2) is 64.3 Å². The maximum atomic E-state index is 13.0. The zero-order valence-electron chi connectivity index (χ0n) is 16.9. The SMILES string of the molecule is COCCOC(=O)C1=C(C)N(c2ccc(C(=O)O)cc2)C(=O)N[C@H]1c1cccc(Br)c1. The minimum atomic E-state index is -1.07. The number of ether oxygens (including phenoxy) is 2. The number of carbonyl (C=O) groups is 3. The van der Waals surface area contributed by atoms with Crippen LogP contribution in [0.1, 0.15) is 28.9 Å². The van der Waals surface area contributed by atoms with Crippen LogP contribution in [0.2, 0.25) is 0 Å². The third kappa shape index (κ3) is 4.95. The van der Waals surface area contributed by atoms with E-state index in [-0.39, 0.29) is 24.4 Å². The Bertz CT molecular complexity index is 1030. The van der Waals surface area contributed by atoms with Gasteiger partial charge in [-0.2, -0.15) is 0 Å². The molecule has 1 aliphatic rings. The Morgan fingerprint density at radius 3 is 2.48 bits per heavy atom. The third-order valence-corrected chi connectivity index (χ3v) is 5.27. The number of anilines is 1. The Hall–Kier alpha value is -3.17. The predicted molar refractivity (Wildman–Crippen MR) is 117 cm³/mol. The molecule has 1 aliphatic heterocycles. The zero-order valence-corrected chi connectivity index (χ0v) is 18.5. The van der Waals surface area contributed by atoms with Crippen molar-refractivity contribution in [3.8, 4) is 0 Å². The van der Waals surface area contributed by atoms with Crippen LogP contribution in [-0.4, -0.2) is 43.4 Å². The summed E-state index contributed by atoms with van der Waals surface area (Å²) in [6, 6.07) is 11.9. The van der Waals surface area contributed by atoms with Gasteiger partial charge in [0.05, 0.1) is 29.5 Å². The van der Waals surface area contributed by atoms with Gasteiger partial charge >= 0.3 is 18.0 Å². The zero-order chi connectivity index (χ0) is 22.5. The normalized spacial score (nSPS) is 16.2. The van der Waals surface area contributed by atoms with Gasteiger partial charge in [-0.3, -0.25) is 4.90 Å². The van der Waals surface area contributed by atoms with Crippen LogP contribution in [0, 0.1) is 0 Å². The average molecular weight is 489 g/mol. The molecule has 31 heavy (non-hydrogen) atoms. The first-order valence-electron chi connectivity index (χ1n) is 9.39. The van der Waals surface area contributed by atoms with Gasteiger partial charge in [-0.15, -0.1) is 0 Å². The van der Waals surface area contributed by atoms with Gasteiger partial charge < -0.3 is 19.9 Å². The van der Waals surface area contributed by atoms with Gasteiger partial charge in [0, 0.05) is 17.3 Å². The summed E-state index contributed by atoms with van der Waals surface area (Å²) in [6.07, 6.45) is 0. The molecule has 162 valence electrons. The van der Waals surface area contributed by atoms with Crippen molar-refractivity contribution >= 4 is 39.6 Å². The number of methoxy groups -OCH3 is 1. The van der Waals surface area contributed by atoms with Crippen molar-refractivity contribution in [2.45, 2.75) is 13.0 Å². The molecule has 9 heteroatoms. The first-order chi connectivity index (χ1) is 14.8. The molecule has 2 aromatic rings. The molecule has 0 saturated heterocycles. The average Bonchev–Trinajstić information content (AvgIpc) is 2.73. The predicted octanol–water partition coefficient (Wildman–Crippen LogP) is 3.88. The summed E-state index contributed by atoms with van der Waals surface area (Å²) in [5.41, 5.74) is 1.89. The fourth-order valence-corrected chi connectivity index (χ4v) is 3.72. The number of nitrogens with one attached hydrogen (secondary N) is 1. The van der Waals surface area contributed by atoms with Crippen LogP contribution in [-0.2, 0) is 14.3 Å². The van der Waals surface area contributed by atoms with Crippen LogP contribution in [0.25, 0.3) is 0 Å². The van der Waals surface area contributed by atoms with Crippen molar-refractivity contribution in [2.75, 3.05) is 25.2 Å². The summed E-state index contributed by atoms with van der Waals surface area (Å²) >= 11 is 3.41. The summed E-state index contributed by atoms with van der Waals surface area (Å²) < 4.78 is 11.1. The van der Waals surface area contributed by atoms with Gasteiger partial charge in [0.2, 0.25) is 0 Å². The van der Waals surface area contributed by atoms with E-state index in [4.69, 9.17) is 14.6 Å². The second-order valence-electron chi connectivity index (χ2n) is 6.75. The maximum absolute atomic E-state index is 13.0. The van der Waals surface area contributed by atoms with Crippen molar-refractivity contribution in [3.63, 3.8) is 0 Å². The van der Waals surface area contributed by atoms with E-state index >= 15 is 0 Å². The van der Waals surface area contributed by atoms with Gasteiger partial charge in [0.1, 0.15) is 6.61 Å². The van der Waals surface area contributed by atoms with Crippen molar-refractivity contribution in [2.24, 2.45) is 0 Å². The van der Waals surface area contributed by atoms with Crippen molar-refractivity contribution < 1.29 is 29.0 Å². The Morgan fingerprint density at radius 2 is 1.87 bits per heavy atom. The van der Waals surface area contributed by atoms with Crippen LogP contribution < -0.4 is 10.2 Å². The fourth-order valence-electron chi connectivity index (χ4n) is 3.30. The lowest BCUT2D eigenvalue weighted by atomic mass is 9.94. The second kappa shape index (κ2) is 9.76. The number of carboxylic acid groups (broad SMARTS) is 1. The molecular weight excluding hydrogens is 468 g/mol. The molecule has 0 unspecified atom stereocenters. The lowest BCUT2D eigenvalue weighted by molar-refractivity contribution is -0.140. The smallest absolute Gasteiger partial charge is 0.338 e. The number of urea groups is 1. The highest BCUT2D eigenvalue weighted by Gasteiger charge is 2.37.